The summed E-state index contributed by atoms with van der Waals surface area (Å²) >= 11 is 0. The van der Waals surface area contributed by atoms with Crippen LogP contribution >= 0.6 is 0 Å². The van der Waals surface area contributed by atoms with Gasteiger partial charge in [-0.2, -0.15) is 0 Å². The molecule has 0 saturated heterocycles. The second-order valence-corrected chi connectivity index (χ2v) is 4.40. The molecule has 0 radical (unpaired) electrons. The van der Waals surface area contributed by atoms with Crippen LogP contribution in [0.5, 0.6) is 23.0 Å². The van der Waals surface area contributed by atoms with Gasteiger partial charge in [0.1, 0.15) is 28.7 Å². The van der Waals surface area contributed by atoms with Gasteiger partial charge in [-0.25, -0.2) is 0 Å². The first-order valence-corrected chi connectivity index (χ1v) is 6.70. The van der Waals surface area contributed by atoms with Gasteiger partial charge < -0.3 is 18.9 Å². The minimum absolute atomic E-state index is 0.642. The van der Waals surface area contributed by atoms with E-state index in [1.54, 1.807) is 40.7 Å². The SMILES string of the molecule is COc1ccc(C=Nc2ccc(OC)cc2OC)c(OC)c1. The van der Waals surface area contributed by atoms with Gasteiger partial charge in [0, 0.05) is 23.9 Å². The molecule has 0 fully saturated rings. The zero-order valence-electron chi connectivity index (χ0n) is 13.1. The van der Waals surface area contributed by atoms with Crippen molar-refractivity contribution in [1.82, 2.24) is 0 Å². The van der Waals surface area contributed by atoms with E-state index in [2.05, 4.69) is 4.99 Å². The molecule has 0 amide bonds. The van der Waals surface area contributed by atoms with Crippen LogP contribution in [0.1, 0.15) is 5.56 Å². The van der Waals surface area contributed by atoms with Crippen LogP contribution in [0.2, 0.25) is 0 Å². The van der Waals surface area contributed by atoms with Crippen LogP contribution in [0.4, 0.5) is 5.69 Å². The van der Waals surface area contributed by atoms with Crippen LogP contribution in [0.3, 0.4) is 0 Å². The predicted octanol–water partition coefficient (Wildman–Crippen LogP) is 3.47. The molecule has 0 N–H and O–H groups in total. The molecule has 0 unspecified atom stereocenters. The van der Waals surface area contributed by atoms with E-state index in [-0.39, 0.29) is 0 Å². The summed E-state index contributed by atoms with van der Waals surface area (Å²) in [6.07, 6.45) is 1.72. The van der Waals surface area contributed by atoms with Crippen molar-refractivity contribution >= 4 is 11.9 Å². The first kappa shape index (κ1) is 15.7. The van der Waals surface area contributed by atoms with Crippen molar-refractivity contribution in [3.63, 3.8) is 0 Å². The van der Waals surface area contributed by atoms with Crippen LogP contribution in [-0.2, 0) is 0 Å². The topological polar surface area (TPSA) is 49.3 Å². The van der Waals surface area contributed by atoms with E-state index in [9.17, 15) is 0 Å². The molecule has 22 heavy (non-hydrogen) atoms. The monoisotopic (exact) mass is 301 g/mol. The highest BCUT2D eigenvalue weighted by Gasteiger charge is 2.05. The first-order valence-electron chi connectivity index (χ1n) is 6.70. The predicted molar refractivity (Wildman–Crippen MR) is 86.3 cm³/mol. The van der Waals surface area contributed by atoms with E-state index in [1.807, 2.05) is 30.3 Å². The Labute approximate surface area is 130 Å². The quantitative estimate of drug-likeness (QED) is 0.767. The summed E-state index contributed by atoms with van der Waals surface area (Å²) in [4.78, 5) is 4.46. The second-order valence-electron chi connectivity index (χ2n) is 4.40. The third-order valence-electron chi connectivity index (χ3n) is 3.17. The number of methoxy groups -OCH3 is 4. The molecule has 116 valence electrons. The lowest BCUT2D eigenvalue weighted by Crippen LogP contribution is -1.93. The lowest BCUT2D eigenvalue weighted by molar-refractivity contribution is 0.393. The Hall–Kier alpha value is -2.69. The molecule has 0 spiro atoms. The van der Waals surface area contributed by atoms with E-state index >= 15 is 0 Å². The normalized spacial score (nSPS) is 10.5. The van der Waals surface area contributed by atoms with Crippen molar-refractivity contribution in [3.8, 4) is 23.0 Å². The van der Waals surface area contributed by atoms with Crippen molar-refractivity contribution in [2.75, 3.05) is 28.4 Å². The first-order chi connectivity index (χ1) is 10.7. The highest BCUT2D eigenvalue weighted by Crippen LogP contribution is 2.32. The Bertz CT molecular complexity index is 610. The summed E-state index contributed by atoms with van der Waals surface area (Å²) in [7, 11) is 6.44. The molecule has 0 atom stereocenters. The third kappa shape index (κ3) is 3.49. The minimum Gasteiger partial charge on any atom is -0.497 e. The summed E-state index contributed by atoms with van der Waals surface area (Å²) < 4.78 is 21.0. The molecule has 0 aliphatic heterocycles. The van der Waals surface area contributed by atoms with Crippen molar-refractivity contribution in [3.05, 3.63) is 42.0 Å². The lowest BCUT2D eigenvalue weighted by Gasteiger charge is -2.08. The van der Waals surface area contributed by atoms with E-state index in [0.717, 1.165) is 17.1 Å². The van der Waals surface area contributed by atoms with Crippen molar-refractivity contribution in [2.24, 2.45) is 4.99 Å². The minimum atomic E-state index is 0.642. The molecular weight excluding hydrogens is 282 g/mol. The molecule has 0 aliphatic rings. The Morgan fingerprint density at radius 3 is 1.91 bits per heavy atom. The Morgan fingerprint density at radius 1 is 0.727 bits per heavy atom. The molecule has 0 bridgehead atoms. The summed E-state index contributed by atoms with van der Waals surface area (Å²) in [5, 5.41) is 0. The van der Waals surface area contributed by atoms with Crippen LogP contribution < -0.4 is 18.9 Å². The van der Waals surface area contributed by atoms with Gasteiger partial charge in [-0.1, -0.05) is 0 Å². The number of hydrogen-bond donors (Lipinski definition) is 0. The summed E-state index contributed by atoms with van der Waals surface area (Å²) in [6.45, 7) is 0. The number of hydrogen-bond acceptors (Lipinski definition) is 5. The average molecular weight is 301 g/mol. The number of aliphatic imine (C=N–C) groups is 1. The number of benzene rings is 2. The van der Waals surface area contributed by atoms with Crippen molar-refractivity contribution in [1.29, 1.82) is 0 Å². The van der Waals surface area contributed by atoms with E-state index in [4.69, 9.17) is 18.9 Å². The summed E-state index contributed by atoms with van der Waals surface area (Å²) in [5.41, 5.74) is 1.56. The molecule has 2 rings (SSSR count). The molecule has 0 heterocycles. The molecule has 0 aliphatic carbocycles. The Kier molecular flexibility index (Phi) is 5.25. The third-order valence-corrected chi connectivity index (χ3v) is 3.17. The fraction of sp³-hybridized carbons (Fsp3) is 0.235. The fourth-order valence-corrected chi connectivity index (χ4v) is 1.96. The van der Waals surface area contributed by atoms with Gasteiger partial charge in [-0.3, -0.25) is 4.99 Å². The summed E-state index contributed by atoms with van der Waals surface area (Å²) in [6, 6.07) is 11.0. The zero-order valence-corrected chi connectivity index (χ0v) is 13.1. The van der Waals surface area contributed by atoms with Crippen LogP contribution in [0.15, 0.2) is 41.4 Å². The maximum absolute atomic E-state index is 5.35. The van der Waals surface area contributed by atoms with Gasteiger partial charge in [-0.05, 0) is 24.3 Å². The van der Waals surface area contributed by atoms with Crippen LogP contribution in [-0.4, -0.2) is 34.7 Å². The zero-order chi connectivity index (χ0) is 15.9. The van der Waals surface area contributed by atoms with E-state index in [0.29, 0.717) is 17.2 Å². The largest absolute Gasteiger partial charge is 0.497 e. The van der Waals surface area contributed by atoms with Crippen LogP contribution in [0, 0.1) is 0 Å². The molecule has 5 heteroatoms. The van der Waals surface area contributed by atoms with Gasteiger partial charge in [0.25, 0.3) is 0 Å². The smallest absolute Gasteiger partial charge is 0.148 e. The van der Waals surface area contributed by atoms with Crippen LogP contribution in [0.25, 0.3) is 0 Å². The van der Waals surface area contributed by atoms with Crippen molar-refractivity contribution in [2.45, 2.75) is 0 Å². The molecular formula is C17H19NO4. The number of nitrogens with zero attached hydrogens (tertiary/aromatic N) is 1. The maximum Gasteiger partial charge on any atom is 0.148 e. The molecule has 0 saturated carbocycles. The highest BCUT2D eigenvalue weighted by molar-refractivity contribution is 5.86. The van der Waals surface area contributed by atoms with Gasteiger partial charge in [0.05, 0.1) is 28.4 Å². The summed E-state index contributed by atoms with van der Waals surface area (Å²) in [5.74, 6) is 2.78. The fourth-order valence-electron chi connectivity index (χ4n) is 1.96. The molecule has 5 nitrogen and oxygen atoms in total. The molecule has 2 aromatic carbocycles. The lowest BCUT2D eigenvalue weighted by atomic mass is 10.2. The second kappa shape index (κ2) is 7.36. The van der Waals surface area contributed by atoms with Gasteiger partial charge in [-0.15, -0.1) is 0 Å². The van der Waals surface area contributed by atoms with Gasteiger partial charge >= 0.3 is 0 Å². The van der Waals surface area contributed by atoms with E-state index < -0.39 is 0 Å². The molecule has 0 aromatic heterocycles. The number of ether oxygens (including phenoxy) is 4. The standard InChI is InChI=1S/C17H19NO4/c1-19-13-6-5-12(16(9-13)21-3)11-18-15-8-7-14(20-2)10-17(15)22-4/h5-11H,1-4H3. The molecule has 2 aromatic rings. The maximum atomic E-state index is 5.35. The average Bonchev–Trinajstić information content (AvgIpc) is 2.59. The Balaban J connectivity index is 2.32. The number of rotatable bonds is 6. The van der Waals surface area contributed by atoms with Crippen molar-refractivity contribution < 1.29 is 18.9 Å². The highest BCUT2D eigenvalue weighted by atomic mass is 16.5. The van der Waals surface area contributed by atoms with Gasteiger partial charge in [0.2, 0.25) is 0 Å². The Morgan fingerprint density at radius 2 is 1.32 bits per heavy atom. The van der Waals surface area contributed by atoms with E-state index in [1.165, 1.54) is 0 Å². The van der Waals surface area contributed by atoms with Gasteiger partial charge in [0.15, 0.2) is 0 Å².